The highest BCUT2D eigenvalue weighted by Gasteiger charge is 2.27. The van der Waals surface area contributed by atoms with E-state index in [9.17, 15) is 0 Å². The molecule has 1 aromatic carbocycles. The fourth-order valence-electron chi connectivity index (χ4n) is 3.40. The van der Waals surface area contributed by atoms with Crippen molar-refractivity contribution in [3.63, 3.8) is 0 Å². The van der Waals surface area contributed by atoms with Crippen LogP contribution < -0.4 is 4.74 Å². The first-order chi connectivity index (χ1) is 12.8. The molecule has 134 valence electrons. The van der Waals surface area contributed by atoms with Crippen molar-refractivity contribution in [1.29, 1.82) is 0 Å². The van der Waals surface area contributed by atoms with E-state index in [0.717, 1.165) is 61.1 Å². The molecule has 1 saturated heterocycles. The summed E-state index contributed by atoms with van der Waals surface area (Å²) in [5, 5.41) is 0. The van der Waals surface area contributed by atoms with Gasteiger partial charge in [-0.3, -0.25) is 14.9 Å². The minimum atomic E-state index is 0.339. The van der Waals surface area contributed by atoms with E-state index in [2.05, 4.69) is 25.9 Å². The molecule has 1 atom stereocenters. The molecule has 0 saturated carbocycles. The van der Waals surface area contributed by atoms with Crippen molar-refractivity contribution < 1.29 is 9.15 Å². The lowest BCUT2D eigenvalue weighted by atomic mass is 10.1. The third-order valence-electron chi connectivity index (χ3n) is 4.71. The number of likely N-dealkylation sites (tertiary alicyclic amines) is 1. The smallest absolute Gasteiger partial charge is 0.198 e. The molecule has 1 aliphatic rings. The molecule has 6 nitrogen and oxygen atoms in total. The number of benzene rings is 1. The fourth-order valence-corrected chi connectivity index (χ4v) is 3.40. The van der Waals surface area contributed by atoms with Crippen LogP contribution in [0, 0.1) is 0 Å². The average molecular weight is 350 g/mol. The number of oxazole rings is 1. The maximum absolute atomic E-state index is 6.04. The topological polar surface area (TPSA) is 64.3 Å². The SMILES string of the molecule is COc1cccc(Cc2cnc([C@H]3CCN(Cc4cnccn4)C3)o2)c1. The maximum atomic E-state index is 6.04. The van der Waals surface area contributed by atoms with Crippen molar-refractivity contribution in [3.8, 4) is 5.75 Å². The highest BCUT2D eigenvalue weighted by Crippen LogP contribution is 2.28. The zero-order valence-corrected chi connectivity index (χ0v) is 14.8. The van der Waals surface area contributed by atoms with E-state index in [-0.39, 0.29) is 0 Å². The van der Waals surface area contributed by atoms with Crippen LogP contribution in [-0.2, 0) is 13.0 Å². The summed E-state index contributed by atoms with van der Waals surface area (Å²) >= 11 is 0. The second kappa shape index (κ2) is 7.66. The van der Waals surface area contributed by atoms with Crippen molar-refractivity contribution >= 4 is 0 Å². The first-order valence-electron chi connectivity index (χ1n) is 8.85. The van der Waals surface area contributed by atoms with Gasteiger partial charge < -0.3 is 9.15 Å². The summed E-state index contributed by atoms with van der Waals surface area (Å²) in [5.74, 6) is 2.92. The largest absolute Gasteiger partial charge is 0.497 e. The van der Waals surface area contributed by atoms with E-state index in [1.165, 1.54) is 0 Å². The standard InChI is InChI=1S/C20H22N4O2/c1-25-18-4-2-3-15(9-18)10-19-12-23-20(26-19)16-5-8-24(13-16)14-17-11-21-6-7-22-17/h2-4,6-7,9,11-12,16H,5,8,10,13-14H2,1H3/t16-/m0/s1. The molecule has 26 heavy (non-hydrogen) atoms. The minimum absolute atomic E-state index is 0.339. The molecule has 0 aliphatic carbocycles. The summed E-state index contributed by atoms with van der Waals surface area (Å²) in [6.07, 6.45) is 8.89. The number of hydrogen-bond donors (Lipinski definition) is 0. The molecule has 0 bridgehead atoms. The van der Waals surface area contributed by atoms with E-state index in [1.54, 1.807) is 19.5 Å². The summed E-state index contributed by atoms with van der Waals surface area (Å²) in [4.78, 5) is 15.4. The van der Waals surface area contributed by atoms with Crippen LogP contribution in [0.5, 0.6) is 5.75 Å². The second-order valence-electron chi connectivity index (χ2n) is 6.61. The van der Waals surface area contributed by atoms with Crippen LogP contribution in [0.15, 0.2) is 53.5 Å². The number of hydrogen-bond acceptors (Lipinski definition) is 6. The normalized spacial score (nSPS) is 17.5. The molecule has 4 rings (SSSR count). The zero-order chi connectivity index (χ0) is 17.8. The minimum Gasteiger partial charge on any atom is -0.497 e. The number of nitrogens with zero attached hydrogens (tertiary/aromatic N) is 4. The Balaban J connectivity index is 1.37. The van der Waals surface area contributed by atoms with Crippen LogP contribution in [0.25, 0.3) is 0 Å². The van der Waals surface area contributed by atoms with E-state index >= 15 is 0 Å². The van der Waals surface area contributed by atoms with Crippen LogP contribution in [0.4, 0.5) is 0 Å². The van der Waals surface area contributed by atoms with Crippen molar-refractivity contribution in [1.82, 2.24) is 19.9 Å². The molecule has 2 aromatic heterocycles. The van der Waals surface area contributed by atoms with Gasteiger partial charge in [0.25, 0.3) is 0 Å². The molecule has 0 N–H and O–H groups in total. The van der Waals surface area contributed by atoms with Crippen molar-refractivity contribution in [3.05, 3.63) is 72.0 Å². The number of methoxy groups -OCH3 is 1. The Bertz CT molecular complexity index is 850. The average Bonchev–Trinajstić information content (AvgIpc) is 3.32. The third-order valence-corrected chi connectivity index (χ3v) is 4.71. The van der Waals surface area contributed by atoms with E-state index in [0.29, 0.717) is 5.92 Å². The van der Waals surface area contributed by atoms with Crippen LogP contribution in [-0.4, -0.2) is 40.1 Å². The molecule has 0 amide bonds. The number of aromatic nitrogens is 3. The van der Waals surface area contributed by atoms with Crippen LogP contribution in [0.1, 0.15) is 35.2 Å². The third kappa shape index (κ3) is 3.91. The van der Waals surface area contributed by atoms with Gasteiger partial charge in [0, 0.05) is 44.0 Å². The van der Waals surface area contributed by atoms with Gasteiger partial charge in [0.1, 0.15) is 11.5 Å². The second-order valence-corrected chi connectivity index (χ2v) is 6.61. The molecule has 0 unspecified atom stereocenters. The van der Waals surface area contributed by atoms with Gasteiger partial charge in [-0.2, -0.15) is 0 Å². The molecule has 3 heterocycles. The Labute approximate surface area is 152 Å². The van der Waals surface area contributed by atoms with Crippen LogP contribution in [0.2, 0.25) is 0 Å². The Morgan fingerprint density at radius 2 is 2.19 bits per heavy atom. The van der Waals surface area contributed by atoms with Gasteiger partial charge in [0.2, 0.25) is 0 Å². The van der Waals surface area contributed by atoms with Gasteiger partial charge in [-0.25, -0.2) is 4.98 Å². The van der Waals surface area contributed by atoms with Gasteiger partial charge in [0.15, 0.2) is 5.89 Å². The van der Waals surface area contributed by atoms with Gasteiger partial charge >= 0.3 is 0 Å². The predicted octanol–water partition coefficient (Wildman–Crippen LogP) is 3.05. The van der Waals surface area contributed by atoms with Gasteiger partial charge in [-0.1, -0.05) is 12.1 Å². The summed E-state index contributed by atoms with van der Waals surface area (Å²) in [6.45, 7) is 2.78. The monoisotopic (exact) mass is 350 g/mol. The molecule has 0 radical (unpaired) electrons. The lowest BCUT2D eigenvalue weighted by molar-refractivity contribution is 0.314. The summed E-state index contributed by atoms with van der Waals surface area (Å²) in [5.41, 5.74) is 2.15. The lowest BCUT2D eigenvalue weighted by Crippen LogP contribution is -2.20. The Morgan fingerprint density at radius 3 is 3.04 bits per heavy atom. The first kappa shape index (κ1) is 16.7. The van der Waals surface area contributed by atoms with E-state index < -0.39 is 0 Å². The van der Waals surface area contributed by atoms with Crippen molar-refractivity contribution in [2.45, 2.75) is 25.3 Å². The zero-order valence-electron chi connectivity index (χ0n) is 14.8. The van der Waals surface area contributed by atoms with Crippen LogP contribution in [0.3, 0.4) is 0 Å². The summed E-state index contributed by atoms with van der Waals surface area (Å²) < 4.78 is 11.3. The molecular weight excluding hydrogens is 328 g/mol. The van der Waals surface area contributed by atoms with Gasteiger partial charge in [-0.05, 0) is 30.7 Å². The molecule has 0 spiro atoms. The molecule has 1 fully saturated rings. The predicted molar refractivity (Wildman–Crippen MR) is 97.0 cm³/mol. The summed E-state index contributed by atoms with van der Waals surface area (Å²) in [6, 6.07) is 8.04. The molecule has 1 aliphatic heterocycles. The Hall–Kier alpha value is -2.73. The molecule has 3 aromatic rings. The van der Waals surface area contributed by atoms with Crippen molar-refractivity contribution in [2.24, 2.45) is 0 Å². The fraction of sp³-hybridized carbons (Fsp3) is 0.350. The van der Waals surface area contributed by atoms with E-state index in [1.807, 2.05) is 30.6 Å². The Kier molecular flexibility index (Phi) is 4.93. The van der Waals surface area contributed by atoms with Crippen LogP contribution >= 0.6 is 0 Å². The number of rotatable bonds is 6. The molecular formula is C20H22N4O2. The van der Waals surface area contributed by atoms with Gasteiger partial charge in [-0.15, -0.1) is 0 Å². The summed E-state index contributed by atoms with van der Waals surface area (Å²) in [7, 11) is 1.68. The van der Waals surface area contributed by atoms with E-state index in [4.69, 9.17) is 9.15 Å². The highest BCUT2D eigenvalue weighted by atomic mass is 16.5. The van der Waals surface area contributed by atoms with Crippen molar-refractivity contribution in [2.75, 3.05) is 20.2 Å². The molecule has 6 heteroatoms. The highest BCUT2D eigenvalue weighted by molar-refractivity contribution is 5.30. The van der Waals surface area contributed by atoms with Gasteiger partial charge in [0.05, 0.1) is 19.0 Å². The maximum Gasteiger partial charge on any atom is 0.198 e. The number of ether oxygens (including phenoxy) is 1. The first-order valence-corrected chi connectivity index (χ1v) is 8.85. The lowest BCUT2D eigenvalue weighted by Gasteiger charge is -2.14. The Morgan fingerprint density at radius 1 is 1.23 bits per heavy atom. The quantitative estimate of drug-likeness (QED) is 0.681.